The van der Waals surface area contributed by atoms with Crippen LogP contribution in [-0.4, -0.2) is 57.8 Å². The lowest BCUT2D eigenvalue weighted by Crippen LogP contribution is -2.44. The molecule has 2 aromatic heterocycles. The number of aromatic nitrogens is 2. The van der Waals surface area contributed by atoms with Crippen molar-refractivity contribution in [2.45, 2.75) is 58.3 Å². The van der Waals surface area contributed by atoms with E-state index in [0.717, 1.165) is 16.5 Å². The number of nitrogens with one attached hydrogen (secondary N) is 1. The molecule has 0 spiro atoms. The number of carbonyl (C=O) groups is 3. The van der Waals surface area contributed by atoms with Crippen LogP contribution < -0.4 is 15.6 Å². The number of esters is 2. The summed E-state index contributed by atoms with van der Waals surface area (Å²) in [5.74, 6) is -2.42. The van der Waals surface area contributed by atoms with Crippen LogP contribution in [0.3, 0.4) is 0 Å². The van der Waals surface area contributed by atoms with Crippen molar-refractivity contribution in [2.24, 2.45) is 0 Å². The molecular formula is C28H29N3O10S. The van der Waals surface area contributed by atoms with Gasteiger partial charge in [-0.05, 0) is 42.7 Å². The molecule has 2 aliphatic rings. The average molecular weight is 600 g/mol. The quantitative estimate of drug-likeness (QED) is 0.143. The number of fused-ring (bicyclic) bond motifs is 5. The van der Waals surface area contributed by atoms with Gasteiger partial charge in [0, 0.05) is 29.5 Å². The smallest absolute Gasteiger partial charge is 0.343 e. The Morgan fingerprint density at radius 3 is 2.62 bits per heavy atom. The Hall–Kier alpha value is -4.14. The fourth-order valence-corrected chi connectivity index (χ4v) is 5.77. The number of nitrogens with zero attached hydrogens (tertiary/aromatic N) is 2. The minimum Gasteiger partial charge on any atom is -0.458 e. The number of carbonyl (C=O) groups excluding carboxylic acids is 3. The Bertz CT molecular complexity index is 1810. The average Bonchev–Trinajstić information content (AvgIpc) is 3.30. The maximum absolute atomic E-state index is 13.5. The number of pyridine rings is 2. The van der Waals surface area contributed by atoms with E-state index in [2.05, 4.69) is 5.32 Å². The molecule has 0 saturated heterocycles. The highest BCUT2D eigenvalue weighted by Crippen LogP contribution is 2.40. The van der Waals surface area contributed by atoms with Gasteiger partial charge in [-0.25, -0.2) is 9.78 Å². The summed E-state index contributed by atoms with van der Waals surface area (Å²) in [4.78, 5) is 54.9. The lowest BCUT2D eigenvalue weighted by Gasteiger charge is -2.31. The summed E-state index contributed by atoms with van der Waals surface area (Å²) in [6.45, 7) is 3.33. The summed E-state index contributed by atoms with van der Waals surface area (Å²) in [6.07, 6.45) is 0.136. The molecule has 1 amide bonds. The predicted octanol–water partition coefficient (Wildman–Crippen LogP) is 1.33. The highest BCUT2D eigenvalue weighted by molar-refractivity contribution is 7.85. The fourth-order valence-electron chi connectivity index (χ4n) is 5.41. The fraction of sp³-hybridized carbons (Fsp3) is 0.393. The maximum atomic E-state index is 13.5. The van der Waals surface area contributed by atoms with Crippen LogP contribution in [0.5, 0.6) is 5.75 Å². The molecule has 222 valence electrons. The van der Waals surface area contributed by atoms with Gasteiger partial charge >= 0.3 is 11.9 Å². The Kier molecular flexibility index (Phi) is 7.64. The minimum atomic E-state index is -4.20. The van der Waals surface area contributed by atoms with E-state index in [9.17, 15) is 32.7 Å². The molecule has 0 radical (unpaired) electrons. The van der Waals surface area contributed by atoms with Gasteiger partial charge in [-0.15, -0.1) is 0 Å². The van der Waals surface area contributed by atoms with Crippen LogP contribution in [-0.2, 0) is 54.4 Å². The normalized spacial score (nSPS) is 17.3. The first-order valence-corrected chi connectivity index (χ1v) is 15.0. The molecule has 5 rings (SSSR count). The van der Waals surface area contributed by atoms with E-state index in [4.69, 9.17) is 19.0 Å². The molecule has 0 unspecified atom stereocenters. The zero-order valence-corrected chi connectivity index (χ0v) is 23.7. The van der Waals surface area contributed by atoms with Crippen molar-refractivity contribution in [1.82, 2.24) is 14.9 Å². The maximum Gasteiger partial charge on any atom is 0.343 e. The lowest BCUT2D eigenvalue weighted by molar-refractivity contribution is -0.172. The third-order valence-corrected chi connectivity index (χ3v) is 8.32. The topological polar surface area (TPSA) is 191 Å². The summed E-state index contributed by atoms with van der Waals surface area (Å²) in [7, 11) is -4.20. The van der Waals surface area contributed by atoms with E-state index in [-0.39, 0.29) is 61.4 Å². The summed E-state index contributed by atoms with van der Waals surface area (Å²) >= 11 is 0. The summed E-state index contributed by atoms with van der Waals surface area (Å²) in [5.41, 5.74) is 1.55. The van der Waals surface area contributed by atoms with Crippen molar-refractivity contribution in [1.29, 1.82) is 0 Å². The van der Waals surface area contributed by atoms with E-state index in [1.54, 1.807) is 35.8 Å². The van der Waals surface area contributed by atoms with Crippen molar-refractivity contribution < 1.29 is 41.9 Å². The zero-order chi connectivity index (χ0) is 30.4. The molecule has 2 aliphatic heterocycles. The van der Waals surface area contributed by atoms with Crippen LogP contribution in [0.25, 0.3) is 22.3 Å². The molecule has 0 bridgehead atoms. The van der Waals surface area contributed by atoms with Crippen LogP contribution in [0.4, 0.5) is 0 Å². The van der Waals surface area contributed by atoms with E-state index >= 15 is 0 Å². The highest BCUT2D eigenvalue weighted by atomic mass is 32.2. The van der Waals surface area contributed by atoms with Gasteiger partial charge in [0.1, 0.15) is 12.4 Å². The van der Waals surface area contributed by atoms with Crippen molar-refractivity contribution in [2.75, 3.05) is 12.3 Å². The van der Waals surface area contributed by atoms with Crippen LogP contribution in [0, 0.1) is 0 Å². The van der Waals surface area contributed by atoms with Gasteiger partial charge in [-0.1, -0.05) is 13.8 Å². The number of benzene rings is 1. The second kappa shape index (κ2) is 10.9. The van der Waals surface area contributed by atoms with Crippen molar-refractivity contribution in [3.8, 4) is 17.1 Å². The number of rotatable bonds is 9. The number of ether oxygens (including phenoxy) is 2. The van der Waals surface area contributed by atoms with E-state index in [1.807, 2.05) is 6.92 Å². The summed E-state index contributed by atoms with van der Waals surface area (Å²) in [5, 5.41) is 14.1. The second-order valence-corrected chi connectivity index (χ2v) is 11.7. The molecule has 42 heavy (non-hydrogen) atoms. The van der Waals surface area contributed by atoms with E-state index in [0.29, 0.717) is 23.3 Å². The second-order valence-electron chi connectivity index (χ2n) is 10.2. The Balaban J connectivity index is 1.41. The van der Waals surface area contributed by atoms with Gasteiger partial charge in [0.25, 0.3) is 15.7 Å². The van der Waals surface area contributed by atoms with Gasteiger partial charge < -0.3 is 24.5 Å². The first-order chi connectivity index (χ1) is 19.9. The van der Waals surface area contributed by atoms with Crippen molar-refractivity contribution in [3.05, 3.63) is 56.9 Å². The summed E-state index contributed by atoms with van der Waals surface area (Å²) in [6, 6.07) is 6.56. The molecule has 4 heterocycles. The largest absolute Gasteiger partial charge is 0.458 e. The van der Waals surface area contributed by atoms with Crippen LogP contribution >= 0.6 is 0 Å². The zero-order valence-electron chi connectivity index (χ0n) is 22.9. The molecule has 14 heteroatoms. The first kappa shape index (κ1) is 29.4. The van der Waals surface area contributed by atoms with Crippen molar-refractivity contribution >= 4 is 38.9 Å². The third-order valence-electron chi connectivity index (χ3n) is 7.60. The molecule has 0 fully saturated rings. The molecule has 13 nitrogen and oxygen atoms in total. The highest BCUT2D eigenvalue weighted by Gasteiger charge is 2.45. The molecule has 1 aromatic carbocycles. The monoisotopic (exact) mass is 599 g/mol. The number of hydrogen-bond donors (Lipinski definition) is 3. The van der Waals surface area contributed by atoms with E-state index in [1.165, 1.54) is 0 Å². The lowest BCUT2D eigenvalue weighted by atomic mass is 9.86. The van der Waals surface area contributed by atoms with Crippen molar-refractivity contribution in [3.63, 3.8) is 0 Å². The van der Waals surface area contributed by atoms with Gasteiger partial charge in [0.15, 0.2) is 5.60 Å². The van der Waals surface area contributed by atoms with Crippen LogP contribution in [0.2, 0.25) is 0 Å². The molecule has 3 aromatic rings. The number of hydrogen-bond acceptors (Lipinski definition) is 10. The molecule has 0 aliphatic carbocycles. The first-order valence-electron chi connectivity index (χ1n) is 13.4. The van der Waals surface area contributed by atoms with Gasteiger partial charge in [0.05, 0.1) is 41.2 Å². The molecule has 1 atom stereocenters. The molecule has 3 N–H and O–H groups in total. The Morgan fingerprint density at radius 1 is 1.17 bits per heavy atom. The van der Waals surface area contributed by atoms with Gasteiger partial charge in [-0.3, -0.25) is 18.9 Å². The Labute approximate surface area is 240 Å². The van der Waals surface area contributed by atoms with Gasteiger partial charge in [-0.2, -0.15) is 8.42 Å². The molecule has 0 saturated carbocycles. The number of amides is 1. The van der Waals surface area contributed by atoms with Crippen LogP contribution in [0.1, 0.15) is 55.4 Å². The van der Waals surface area contributed by atoms with E-state index < -0.39 is 39.3 Å². The predicted molar refractivity (Wildman–Crippen MR) is 148 cm³/mol. The van der Waals surface area contributed by atoms with Crippen LogP contribution in [0.15, 0.2) is 29.1 Å². The SMILES string of the molecule is CCc1c2c(nc3ccc(OC(=O)CCC(=O)NCCS(=O)(=O)O)cc13)-c1cc3c(c(=O)n1C2)COC(=O)[C@]3(O)CC. The molecular weight excluding hydrogens is 570 g/mol. The van der Waals surface area contributed by atoms with Gasteiger partial charge in [0.2, 0.25) is 5.91 Å². The standard InChI is InChI=1S/C28H29N3O10S/c1-3-16-17-11-15(41-24(33)8-7-23(32)29-9-10-42(37,38)39)5-6-21(17)30-25-18(16)13-31-22(25)12-20-19(26(31)34)14-40-27(35)28(20,36)4-2/h5-6,11-12,36H,3-4,7-10,13-14H2,1-2H3,(H,29,32)(H,37,38,39)/t28-/m0/s1. The Morgan fingerprint density at radius 2 is 1.93 bits per heavy atom. The number of cyclic esters (lactones) is 1. The third kappa shape index (κ3) is 5.28. The minimum absolute atomic E-state index is 0.0418. The number of aliphatic hydroxyl groups is 1. The summed E-state index contributed by atoms with van der Waals surface area (Å²) < 4.78 is 42.3. The number of aryl methyl sites for hydroxylation is 1.